The van der Waals surface area contributed by atoms with Crippen LogP contribution in [0, 0.1) is 5.82 Å². The summed E-state index contributed by atoms with van der Waals surface area (Å²) in [5.74, 6) is -0.394. The van der Waals surface area contributed by atoms with Gasteiger partial charge in [-0.2, -0.15) is 0 Å². The van der Waals surface area contributed by atoms with Crippen molar-refractivity contribution in [2.24, 2.45) is 0 Å². The molecule has 0 aromatic heterocycles. The van der Waals surface area contributed by atoms with Crippen molar-refractivity contribution < 1.29 is 17.6 Å². The lowest BCUT2D eigenvalue weighted by atomic mass is 10.1. The molecule has 2 rings (SSSR count). The van der Waals surface area contributed by atoms with Crippen LogP contribution in [0.2, 0.25) is 0 Å². The van der Waals surface area contributed by atoms with Gasteiger partial charge in [-0.25, -0.2) is 12.8 Å². The molecule has 0 atom stereocenters. The molecular formula is C14H18FNO3S. The Bertz CT molecular complexity index is 575. The molecule has 1 heterocycles. The maximum Gasteiger partial charge on any atom is 0.222 e. The average molecular weight is 299 g/mol. The molecule has 4 nitrogen and oxygen atoms in total. The van der Waals surface area contributed by atoms with Gasteiger partial charge in [0, 0.05) is 19.5 Å². The summed E-state index contributed by atoms with van der Waals surface area (Å²) in [6, 6.07) is 4.91. The average Bonchev–Trinajstić information content (AvgIpc) is 2.47. The molecule has 1 saturated heterocycles. The van der Waals surface area contributed by atoms with Crippen molar-refractivity contribution in [1.82, 2.24) is 4.90 Å². The zero-order valence-corrected chi connectivity index (χ0v) is 12.2. The van der Waals surface area contributed by atoms with Crippen LogP contribution in [-0.4, -0.2) is 37.6 Å². The quantitative estimate of drug-likeness (QED) is 0.802. The Morgan fingerprint density at radius 3 is 2.30 bits per heavy atom. The molecule has 0 radical (unpaired) electrons. The number of rotatable bonds is 3. The van der Waals surface area contributed by atoms with E-state index in [-0.39, 0.29) is 10.8 Å². The molecule has 0 saturated carbocycles. The highest BCUT2D eigenvalue weighted by Crippen LogP contribution is 2.25. The van der Waals surface area contributed by atoms with Gasteiger partial charge in [-0.3, -0.25) is 4.79 Å². The van der Waals surface area contributed by atoms with Gasteiger partial charge in [-0.15, -0.1) is 0 Å². The lowest BCUT2D eigenvalue weighted by molar-refractivity contribution is -0.131. The van der Waals surface area contributed by atoms with Gasteiger partial charge < -0.3 is 4.90 Å². The van der Waals surface area contributed by atoms with Crippen LogP contribution in [0.4, 0.5) is 4.39 Å². The maximum absolute atomic E-state index is 12.9. The Morgan fingerprint density at radius 1 is 1.25 bits per heavy atom. The number of hydrogen-bond donors (Lipinski definition) is 0. The zero-order chi connectivity index (χ0) is 14.8. The van der Waals surface area contributed by atoms with Crippen molar-refractivity contribution in [2.75, 3.05) is 13.1 Å². The van der Waals surface area contributed by atoms with Gasteiger partial charge in [0.1, 0.15) is 5.82 Å². The summed E-state index contributed by atoms with van der Waals surface area (Å²) in [4.78, 5) is 13.4. The number of halogens is 1. The van der Waals surface area contributed by atoms with E-state index >= 15 is 0 Å². The highest BCUT2D eigenvalue weighted by Gasteiger charge is 2.32. The molecule has 0 bridgehead atoms. The van der Waals surface area contributed by atoms with Crippen molar-refractivity contribution >= 4 is 15.7 Å². The minimum Gasteiger partial charge on any atom is -0.343 e. The second kappa shape index (κ2) is 5.91. The first-order chi connectivity index (χ1) is 9.45. The minimum absolute atomic E-state index is 0.0580. The third kappa shape index (κ3) is 3.00. The number of carbonyl (C=O) groups excluding carboxylic acids is 1. The van der Waals surface area contributed by atoms with Gasteiger partial charge in [0.05, 0.1) is 10.1 Å². The largest absolute Gasteiger partial charge is 0.343 e. The first-order valence-corrected chi connectivity index (χ1v) is 8.27. The van der Waals surface area contributed by atoms with E-state index in [0.29, 0.717) is 32.4 Å². The standard InChI is InChI=1S/C14H18FNO3S/c1-2-14(17)16-9-7-13(8-10-16)20(18,19)12-5-3-11(15)4-6-12/h3-6,13H,2,7-10H2,1H3. The molecule has 0 unspecified atom stereocenters. The van der Waals surface area contributed by atoms with E-state index in [0.717, 1.165) is 12.1 Å². The molecule has 1 amide bonds. The third-order valence-corrected chi connectivity index (χ3v) is 5.96. The van der Waals surface area contributed by atoms with Gasteiger partial charge in [-0.1, -0.05) is 6.92 Å². The smallest absolute Gasteiger partial charge is 0.222 e. The first kappa shape index (κ1) is 15.0. The van der Waals surface area contributed by atoms with Crippen molar-refractivity contribution in [1.29, 1.82) is 0 Å². The number of hydrogen-bond acceptors (Lipinski definition) is 3. The number of amides is 1. The Balaban J connectivity index is 2.09. The Labute approximate surface area is 118 Å². The highest BCUT2D eigenvalue weighted by molar-refractivity contribution is 7.92. The summed E-state index contributed by atoms with van der Waals surface area (Å²) in [5, 5.41) is -0.492. The van der Waals surface area contributed by atoms with Crippen LogP contribution in [0.15, 0.2) is 29.2 Å². The molecule has 1 aliphatic heterocycles. The number of carbonyl (C=O) groups is 1. The second-order valence-electron chi connectivity index (χ2n) is 4.93. The lowest BCUT2D eigenvalue weighted by Gasteiger charge is -2.31. The molecule has 20 heavy (non-hydrogen) atoms. The fourth-order valence-corrected chi connectivity index (χ4v) is 4.19. The fraction of sp³-hybridized carbons (Fsp3) is 0.500. The van der Waals surface area contributed by atoms with E-state index < -0.39 is 20.9 Å². The Morgan fingerprint density at radius 2 is 1.80 bits per heavy atom. The summed E-state index contributed by atoms with van der Waals surface area (Å²) in [5.41, 5.74) is 0. The molecule has 1 aromatic rings. The molecule has 1 aromatic carbocycles. The SMILES string of the molecule is CCC(=O)N1CCC(S(=O)(=O)c2ccc(F)cc2)CC1. The normalized spacial score (nSPS) is 17.2. The summed E-state index contributed by atoms with van der Waals surface area (Å²) in [6.07, 6.45) is 1.31. The van der Waals surface area contributed by atoms with E-state index in [1.165, 1.54) is 12.1 Å². The molecule has 1 fully saturated rings. The van der Waals surface area contributed by atoms with E-state index in [1.807, 2.05) is 0 Å². The van der Waals surface area contributed by atoms with Crippen LogP contribution >= 0.6 is 0 Å². The van der Waals surface area contributed by atoms with Gasteiger partial charge in [0.2, 0.25) is 5.91 Å². The minimum atomic E-state index is -3.44. The number of piperidine rings is 1. The van der Waals surface area contributed by atoms with Crippen LogP contribution in [0.5, 0.6) is 0 Å². The first-order valence-electron chi connectivity index (χ1n) is 6.72. The summed E-state index contributed by atoms with van der Waals surface area (Å²) in [7, 11) is -3.44. The Kier molecular flexibility index (Phi) is 4.42. The van der Waals surface area contributed by atoms with E-state index in [4.69, 9.17) is 0 Å². The van der Waals surface area contributed by atoms with Gasteiger partial charge in [0.15, 0.2) is 9.84 Å². The van der Waals surface area contributed by atoms with Gasteiger partial charge in [-0.05, 0) is 37.1 Å². The second-order valence-corrected chi connectivity index (χ2v) is 7.16. The monoisotopic (exact) mass is 299 g/mol. The lowest BCUT2D eigenvalue weighted by Crippen LogP contribution is -2.42. The van der Waals surface area contributed by atoms with Gasteiger partial charge >= 0.3 is 0 Å². The Hall–Kier alpha value is -1.43. The maximum atomic E-state index is 12.9. The molecule has 110 valence electrons. The third-order valence-electron chi connectivity index (χ3n) is 3.68. The predicted molar refractivity (Wildman–Crippen MR) is 73.5 cm³/mol. The van der Waals surface area contributed by atoms with E-state index in [9.17, 15) is 17.6 Å². The summed E-state index contributed by atoms with van der Waals surface area (Å²) >= 11 is 0. The fourth-order valence-electron chi connectivity index (χ4n) is 2.46. The molecule has 0 aliphatic carbocycles. The molecule has 0 spiro atoms. The van der Waals surface area contributed by atoms with Crippen LogP contribution in [0.1, 0.15) is 26.2 Å². The van der Waals surface area contributed by atoms with Gasteiger partial charge in [0.25, 0.3) is 0 Å². The van der Waals surface area contributed by atoms with Crippen LogP contribution < -0.4 is 0 Å². The van der Waals surface area contributed by atoms with Crippen LogP contribution in [0.25, 0.3) is 0 Å². The summed E-state index contributed by atoms with van der Waals surface area (Å²) < 4.78 is 37.7. The topological polar surface area (TPSA) is 54.5 Å². The molecular weight excluding hydrogens is 281 g/mol. The predicted octanol–water partition coefficient (Wildman–Crippen LogP) is 2.00. The zero-order valence-electron chi connectivity index (χ0n) is 11.4. The van der Waals surface area contributed by atoms with Crippen molar-refractivity contribution in [2.45, 2.75) is 36.3 Å². The van der Waals surface area contributed by atoms with Crippen molar-refractivity contribution in [3.8, 4) is 0 Å². The van der Waals surface area contributed by atoms with Crippen LogP contribution in [0.3, 0.4) is 0 Å². The van der Waals surface area contributed by atoms with Crippen molar-refractivity contribution in [3.63, 3.8) is 0 Å². The van der Waals surface area contributed by atoms with E-state index in [1.54, 1.807) is 11.8 Å². The van der Waals surface area contributed by atoms with Crippen LogP contribution in [-0.2, 0) is 14.6 Å². The summed E-state index contributed by atoms with van der Waals surface area (Å²) in [6.45, 7) is 2.74. The highest BCUT2D eigenvalue weighted by atomic mass is 32.2. The number of benzene rings is 1. The molecule has 0 N–H and O–H groups in total. The van der Waals surface area contributed by atoms with Crippen molar-refractivity contribution in [3.05, 3.63) is 30.1 Å². The van der Waals surface area contributed by atoms with E-state index in [2.05, 4.69) is 0 Å². The molecule has 6 heteroatoms. The number of likely N-dealkylation sites (tertiary alicyclic amines) is 1. The molecule has 1 aliphatic rings. The number of sulfone groups is 1. The number of nitrogens with zero attached hydrogens (tertiary/aromatic N) is 1.